The number of carboxylic acids is 1. The number of halogens is 2. The molecule has 0 radical (unpaired) electrons. The Labute approximate surface area is 152 Å². The molecule has 0 unspecified atom stereocenters. The number of aliphatic carboxylic acids is 1. The highest BCUT2D eigenvalue weighted by molar-refractivity contribution is 6.35. The maximum atomic E-state index is 12.5. The quantitative estimate of drug-likeness (QED) is 0.760. The number of carbonyl (C=O) groups excluding carboxylic acids is 1. The molecule has 0 saturated heterocycles. The number of carbonyl (C=O) groups is 2. The molecule has 0 aliphatic heterocycles. The molecule has 1 saturated carbocycles. The predicted molar refractivity (Wildman–Crippen MR) is 96.6 cm³/mol. The highest BCUT2D eigenvalue weighted by Gasteiger charge is 2.49. The van der Waals surface area contributed by atoms with Gasteiger partial charge in [-0.3, -0.25) is 9.59 Å². The molecule has 1 aliphatic rings. The normalized spacial score (nSPS) is 26.0. The number of hydrogen-bond acceptors (Lipinski definition) is 2. The average Bonchev–Trinajstić information content (AvgIpc) is 2.33. The molecule has 2 rings (SSSR count). The Morgan fingerprint density at radius 1 is 1.21 bits per heavy atom. The van der Waals surface area contributed by atoms with E-state index in [1.165, 1.54) is 0 Å². The molecule has 2 atom stereocenters. The van der Waals surface area contributed by atoms with E-state index >= 15 is 0 Å². The number of hydrogen-bond donors (Lipinski definition) is 2. The second-order valence-corrected chi connectivity index (χ2v) is 8.70. The first-order valence-electron chi connectivity index (χ1n) is 8.01. The van der Waals surface area contributed by atoms with Gasteiger partial charge in [0.05, 0.1) is 5.41 Å². The summed E-state index contributed by atoms with van der Waals surface area (Å²) >= 11 is 11.9. The van der Waals surface area contributed by atoms with Gasteiger partial charge in [0.1, 0.15) is 0 Å². The fraction of sp³-hybridized carbons (Fsp3) is 0.556. The molecule has 0 spiro atoms. The van der Waals surface area contributed by atoms with Crippen LogP contribution in [-0.4, -0.2) is 17.0 Å². The fourth-order valence-corrected chi connectivity index (χ4v) is 4.78. The molecule has 24 heavy (non-hydrogen) atoms. The molecule has 0 aromatic heterocycles. The molecular weight excluding hydrogens is 349 g/mol. The van der Waals surface area contributed by atoms with Crippen LogP contribution < -0.4 is 5.32 Å². The van der Waals surface area contributed by atoms with E-state index in [1.54, 1.807) is 18.2 Å². The van der Waals surface area contributed by atoms with Gasteiger partial charge in [0.2, 0.25) is 5.91 Å². The smallest absolute Gasteiger partial charge is 0.310 e. The van der Waals surface area contributed by atoms with E-state index in [0.29, 0.717) is 28.6 Å². The number of carboxylic acid groups (broad SMARTS) is 1. The van der Waals surface area contributed by atoms with Crippen LogP contribution in [0.4, 0.5) is 5.69 Å². The molecule has 1 aromatic rings. The summed E-state index contributed by atoms with van der Waals surface area (Å²) in [4.78, 5) is 24.5. The van der Waals surface area contributed by atoms with E-state index in [0.717, 1.165) is 6.42 Å². The number of anilines is 1. The maximum Gasteiger partial charge on any atom is 0.310 e. The summed E-state index contributed by atoms with van der Waals surface area (Å²) in [5, 5.41) is 13.4. The van der Waals surface area contributed by atoms with E-state index in [2.05, 4.69) is 19.2 Å². The van der Waals surface area contributed by atoms with Gasteiger partial charge in [0.25, 0.3) is 0 Å². The highest BCUT2D eigenvalue weighted by Crippen LogP contribution is 2.50. The first-order valence-corrected chi connectivity index (χ1v) is 8.76. The Bertz CT molecular complexity index is 639. The molecule has 1 fully saturated rings. The van der Waals surface area contributed by atoms with Crippen LogP contribution in [0.25, 0.3) is 0 Å². The topological polar surface area (TPSA) is 66.4 Å². The van der Waals surface area contributed by atoms with E-state index in [-0.39, 0.29) is 23.7 Å². The van der Waals surface area contributed by atoms with Crippen molar-refractivity contribution in [2.24, 2.45) is 16.7 Å². The minimum Gasteiger partial charge on any atom is -0.481 e. The van der Waals surface area contributed by atoms with Gasteiger partial charge in [0, 0.05) is 22.2 Å². The monoisotopic (exact) mass is 371 g/mol. The van der Waals surface area contributed by atoms with Crippen molar-refractivity contribution in [2.45, 2.75) is 46.5 Å². The molecule has 1 aromatic carbocycles. The molecule has 0 bridgehead atoms. The van der Waals surface area contributed by atoms with Crippen LogP contribution in [0.15, 0.2) is 18.2 Å². The van der Waals surface area contributed by atoms with Gasteiger partial charge >= 0.3 is 5.97 Å². The van der Waals surface area contributed by atoms with E-state index in [1.807, 2.05) is 6.92 Å². The van der Waals surface area contributed by atoms with Gasteiger partial charge < -0.3 is 10.4 Å². The van der Waals surface area contributed by atoms with E-state index in [9.17, 15) is 14.7 Å². The summed E-state index contributed by atoms with van der Waals surface area (Å²) < 4.78 is 0. The Morgan fingerprint density at radius 2 is 1.79 bits per heavy atom. The Kier molecular flexibility index (Phi) is 5.50. The molecule has 4 nitrogen and oxygen atoms in total. The third-order valence-electron chi connectivity index (χ3n) is 4.56. The zero-order chi connectivity index (χ0) is 18.1. The van der Waals surface area contributed by atoms with Crippen molar-refractivity contribution >= 4 is 40.8 Å². The Hall–Kier alpha value is -1.26. The van der Waals surface area contributed by atoms with Gasteiger partial charge in [0.15, 0.2) is 0 Å². The number of amides is 1. The molecule has 0 heterocycles. The maximum absolute atomic E-state index is 12.5. The van der Waals surface area contributed by atoms with Crippen molar-refractivity contribution in [3.05, 3.63) is 28.2 Å². The fourth-order valence-electron chi connectivity index (χ4n) is 4.25. The Balaban J connectivity index is 2.18. The number of rotatable bonds is 4. The Morgan fingerprint density at radius 3 is 2.29 bits per heavy atom. The summed E-state index contributed by atoms with van der Waals surface area (Å²) in [5.74, 6) is -0.972. The van der Waals surface area contributed by atoms with Crippen LogP contribution in [0.2, 0.25) is 10.0 Å². The van der Waals surface area contributed by atoms with Gasteiger partial charge in [-0.2, -0.15) is 0 Å². The number of nitrogens with one attached hydrogen (secondary N) is 1. The van der Waals surface area contributed by atoms with Crippen molar-refractivity contribution < 1.29 is 14.7 Å². The summed E-state index contributed by atoms with van der Waals surface area (Å²) in [6.07, 6.45) is 1.91. The van der Waals surface area contributed by atoms with Crippen molar-refractivity contribution in [3.63, 3.8) is 0 Å². The third kappa shape index (κ3) is 4.64. The lowest BCUT2D eigenvalue weighted by atomic mass is 9.59. The van der Waals surface area contributed by atoms with Crippen molar-refractivity contribution in [1.29, 1.82) is 0 Å². The number of benzene rings is 1. The summed E-state index contributed by atoms with van der Waals surface area (Å²) in [7, 11) is 0. The van der Waals surface area contributed by atoms with Crippen LogP contribution in [0, 0.1) is 16.7 Å². The lowest BCUT2D eigenvalue weighted by Crippen LogP contribution is -2.44. The van der Waals surface area contributed by atoms with Crippen molar-refractivity contribution in [1.82, 2.24) is 0 Å². The average molecular weight is 372 g/mol. The first kappa shape index (κ1) is 19.1. The minimum absolute atomic E-state index is 0.0553. The second kappa shape index (κ2) is 6.93. The molecule has 2 N–H and O–H groups in total. The molecule has 1 amide bonds. The third-order valence-corrected chi connectivity index (χ3v) is 4.99. The van der Waals surface area contributed by atoms with E-state index in [4.69, 9.17) is 23.2 Å². The molecule has 6 heteroatoms. The first-order chi connectivity index (χ1) is 11.0. The van der Waals surface area contributed by atoms with Crippen LogP contribution >= 0.6 is 23.2 Å². The molecule has 1 aliphatic carbocycles. The zero-order valence-corrected chi connectivity index (χ0v) is 15.7. The van der Waals surface area contributed by atoms with Crippen LogP contribution in [-0.2, 0) is 9.59 Å². The summed E-state index contributed by atoms with van der Waals surface area (Å²) in [6.45, 7) is 6.18. The predicted octanol–water partition coefficient (Wildman–Crippen LogP) is 5.24. The molecule has 132 valence electrons. The van der Waals surface area contributed by atoms with Crippen LogP contribution in [0.3, 0.4) is 0 Å². The summed E-state index contributed by atoms with van der Waals surface area (Å²) in [6, 6.07) is 4.75. The second-order valence-electron chi connectivity index (χ2n) is 7.82. The molecular formula is C18H23Cl2NO3. The van der Waals surface area contributed by atoms with Crippen molar-refractivity contribution in [2.75, 3.05) is 5.32 Å². The van der Waals surface area contributed by atoms with Crippen LogP contribution in [0.5, 0.6) is 0 Å². The standard InChI is InChI=1S/C18H23Cl2NO3/c1-11-7-17(2,3)10-18(8-11,16(23)24)9-15(22)21-14-5-12(19)4-13(20)6-14/h4-6,11H,7-10H2,1-3H3,(H,21,22)(H,23,24)/t11-,18+/m0/s1. The zero-order valence-electron chi connectivity index (χ0n) is 14.2. The van der Waals surface area contributed by atoms with E-state index < -0.39 is 11.4 Å². The van der Waals surface area contributed by atoms with Gasteiger partial charge in [-0.05, 0) is 48.8 Å². The SMILES string of the molecule is C[C@H]1CC(C)(C)C[C@@](CC(=O)Nc2cc(Cl)cc(Cl)c2)(C(=O)O)C1. The van der Waals surface area contributed by atoms with Gasteiger partial charge in [-0.15, -0.1) is 0 Å². The lowest BCUT2D eigenvalue weighted by molar-refractivity contribution is -0.157. The van der Waals surface area contributed by atoms with Gasteiger partial charge in [-0.25, -0.2) is 0 Å². The largest absolute Gasteiger partial charge is 0.481 e. The highest BCUT2D eigenvalue weighted by atomic mass is 35.5. The van der Waals surface area contributed by atoms with Gasteiger partial charge in [-0.1, -0.05) is 44.0 Å². The minimum atomic E-state index is -1.03. The lowest BCUT2D eigenvalue weighted by Gasteiger charge is -2.44. The van der Waals surface area contributed by atoms with Crippen LogP contribution in [0.1, 0.15) is 46.5 Å². The summed E-state index contributed by atoms with van der Waals surface area (Å²) in [5.41, 5.74) is -0.662. The van der Waals surface area contributed by atoms with Crippen molar-refractivity contribution in [3.8, 4) is 0 Å².